The molecule has 1 nitrogen and oxygen atoms in total. The van der Waals surface area contributed by atoms with Gasteiger partial charge < -0.3 is 5.11 Å². The maximum atomic E-state index is 12.8. The molecule has 0 spiro atoms. The van der Waals surface area contributed by atoms with Gasteiger partial charge in [-0.15, -0.1) is 11.8 Å². The molecule has 8 heteroatoms. The molecule has 1 N–H and O–H groups in total. The van der Waals surface area contributed by atoms with E-state index in [1.54, 1.807) is 13.8 Å². The van der Waals surface area contributed by atoms with Crippen LogP contribution in [0, 0.1) is 0 Å². The molecule has 0 atom stereocenters. The lowest BCUT2D eigenvalue weighted by atomic mass is 9.92. The van der Waals surface area contributed by atoms with Crippen molar-refractivity contribution in [2.24, 2.45) is 0 Å². The molecule has 0 saturated carbocycles. The van der Waals surface area contributed by atoms with Crippen molar-refractivity contribution in [3.05, 3.63) is 29.8 Å². The average Bonchev–Trinajstić information content (AvgIpc) is 2.24. The van der Waals surface area contributed by atoms with Gasteiger partial charge in [0.15, 0.2) is 0 Å². The smallest absolute Gasteiger partial charge is 0.369 e. The zero-order chi connectivity index (χ0) is 15.8. The van der Waals surface area contributed by atoms with E-state index < -0.39 is 23.5 Å². The number of benzene rings is 1. The number of rotatable bonds is 3. The van der Waals surface area contributed by atoms with Gasteiger partial charge in [0.1, 0.15) is 0 Å². The van der Waals surface area contributed by atoms with Gasteiger partial charge in [-0.3, -0.25) is 0 Å². The lowest BCUT2D eigenvalue weighted by Gasteiger charge is -2.34. The fourth-order valence-corrected chi connectivity index (χ4v) is 2.60. The summed E-state index contributed by atoms with van der Waals surface area (Å²) in [6.45, 7) is 3.25. The molecular formula is C12H12F6OS. The third kappa shape index (κ3) is 3.06. The molecule has 0 aliphatic rings. The van der Waals surface area contributed by atoms with Crippen molar-refractivity contribution in [3.8, 4) is 0 Å². The van der Waals surface area contributed by atoms with Crippen molar-refractivity contribution in [2.45, 2.75) is 41.9 Å². The highest BCUT2D eigenvalue weighted by molar-refractivity contribution is 8.00. The molecular weight excluding hydrogens is 306 g/mol. The lowest BCUT2D eigenvalue weighted by Crippen LogP contribution is -2.54. The van der Waals surface area contributed by atoms with Crippen LogP contribution < -0.4 is 0 Å². The Morgan fingerprint density at radius 3 is 1.80 bits per heavy atom. The van der Waals surface area contributed by atoms with Crippen LogP contribution in [0.15, 0.2) is 29.2 Å². The summed E-state index contributed by atoms with van der Waals surface area (Å²) < 4.78 is 76.9. The molecule has 0 unspecified atom stereocenters. The molecule has 114 valence electrons. The van der Waals surface area contributed by atoms with Crippen molar-refractivity contribution >= 4 is 11.8 Å². The molecule has 20 heavy (non-hydrogen) atoms. The average molecular weight is 318 g/mol. The van der Waals surface area contributed by atoms with Crippen LogP contribution in [0.25, 0.3) is 0 Å². The van der Waals surface area contributed by atoms with Crippen LogP contribution in [-0.2, 0) is 5.60 Å². The van der Waals surface area contributed by atoms with Gasteiger partial charge in [0.25, 0.3) is 5.60 Å². The van der Waals surface area contributed by atoms with Gasteiger partial charge in [0.2, 0.25) is 0 Å². The molecule has 0 amide bonds. The molecule has 0 aromatic heterocycles. The topological polar surface area (TPSA) is 20.2 Å². The first-order valence-corrected chi connectivity index (χ1v) is 6.41. The molecule has 1 rings (SSSR count). The molecule has 0 aliphatic carbocycles. The quantitative estimate of drug-likeness (QED) is 0.654. The zero-order valence-electron chi connectivity index (χ0n) is 10.5. The van der Waals surface area contributed by atoms with Gasteiger partial charge in [-0.25, -0.2) is 0 Å². The summed E-state index contributed by atoms with van der Waals surface area (Å²) in [5.41, 5.74) is -6.07. The first-order chi connectivity index (χ1) is 8.91. The Bertz CT molecular complexity index is 452. The van der Waals surface area contributed by atoms with E-state index >= 15 is 0 Å². The minimum Gasteiger partial charge on any atom is -0.369 e. The third-order valence-electron chi connectivity index (χ3n) is 2.46. The second-order valence-electron chi connectivity index (χ2n) is 4.37. The largest absolute Gasteiger partial charge is 0.430 e. The second-order valence-corrected chi connectivity index (χ2v) is 5.99. The zero-order valence-corrected chi connectivity index (χ0v) is 11.3. The number of alkyl halides is 6. The van der Waals surface area contributed by atoms with Crippen molar-refractivity contribution in [1.29, 1.82) is 0 Å². The maximum Gasteiger partial charge on any atom is 0.430 e. The number of halogens is 6. The summed E-state index contributed by atoms with van der Waals surface area (Å²) in [4.78, 5) is -0.250. The van der Waals surface area contributed by atoms with Gasteiger partial charge >= 0.3 is 12.4 Å². The van der Waals surface area contributed by atoms with Crippen LogP contribution in [0.5, 0.6) is 0 Å². The Balaban J connectivity index is 3.52. The van der Waals surface area contributed by atoms with E-state index in [0.717, 1.165) is 23.9 Å². The predicted molar refractivity (Wildman–Crippen MR) is 63.4 cm³/mol. The van der Waals surface area contributed by atoms with Crippen molar-refractivity contribution < 1.29 is 31.4 Å². The molecule has 0 heterocycles. The molecule has 0 radical (unpaired) electrons. The van der Waals surface area contributed by atoms with Crippen molar-refractivity contribution in [3.63, 3.8) is 0 Å². The minimum atomic E-state index is -5.86. The first kappa shape index (κ1) is 17.2. The standard InChI is InChI=1S/C12H12F6OS/c1-7(2)20-9-6-4-3-5-8(9)10(19,11(13,14)15)12(16,17)18/h3-7,19H,1-2H3. The highest BCUT2D eigenvalue weighted by Crippen LogP contribution is 2.52. The monoisotopic (exact) mass is 318 g/mol. The van der Waals surface area contributed by atoms with Crippen LogP contribution in [-0.4, -0.2) is 22.7 Å². The van der Waals surface area contributed by atoms with Gasteiger partial charge in [-0.05, 0) is 6.07 Å². The fraction of sp³-hybridized carbons (Fsp3) is 0.500. The van der Waals surface area contributed by atoms with Gasteiger partial charge in [-0.1, -0.05) is 32.0 Å². The molecule has 0 bridgehead atoms. The Morgan fingerprint density at radius 2 is 1.40 bits per heavy atom. The highest BCUT2D eigenvalue weighted by Gasteiger charge is 2.72. The van der Waals surface area contributed by atoms with E-state index in [-0.39, 0.29) is 10.1 Å². The van der Waals surface area contributed by atoms with E-state index in [1.165, 1.54) is 6.07 Å². The van der Waals surface area contributed by atoms with Crippen LogP contribution in [0.1, 0.15) is 19.4 Å². The fourth-order valence-electron chi connectivity index (χ4n) is 1.59. The Labute approximate surface area is 116 Å². The number of thioether (sulfide) groups is 1. The summed E-state index contributed by atoms with van der Waals surface area (Å²) in [5, 5.41) is 9.15. The van der Waals surface area contributed by atoms with Crippen LogP contribution in [0.2, 0.25) is 0 Å². The summed E-state index contributed by atoms with van der Waals surface area (Å²) in [7, 11) is 0. The molecule has 0 fully saturated rings. The number of hydrogen-bond donors (Lipinski definition) is 1. The van der Waals surface area contributed by atoms with E-state index in [2.05, 4.69) is 0 Å². The van der Waals surface area contributed by atoms with E-state index in [1.807, 2.05) is 0 Å². The Hall–Kier alpha value is -0.890. The summed E-state index contributed by atoms with van der Waals surface area (Å²) >= 11 is 0.824. The Kier molecular flexibility index (Phi) is 4.70. The highest BCUT2D eigenvalue weighted by atomic mass is 32.2. The van der Waals surface area contributed by atoms with E-state index in [0.29, 0.717) is 6.07 Å². The molecule has 0 aliphatic heterocycles. The predicted octanol–water partition coefficient (Wildman–Crippen LogP) is 4.50. The summed E-state index contributed by atoms with van der Waals surface area (Å²) in [6, 6.07) is 4.12. The van der Waals surface area contributed by atoms with Crippen LogP contribution >= 0.6 is 11.8 Å². The number of aliphatic hydroxyl groups is 1. The van der Waals surface area contributed by atoms with Gasteiger partial charge in [0.05, 0.1) is 0 Å². The summed E-state index contributed by atoms with van der Waals surface area (Å²) in [5.74, 6) is 0. The van der Waals surface area contributed by atoms with Crippen LogP contribution in [0.3, 0.4) is 0 Å². The van der Waals surface area contributed by atoms with Crippen molar-refractivity contribution in [1.82, 2.24) is 0 Å². The van der Waals surface area contributed by atoms with Crippen molar-refractivity contribution in [2.75, 3.05) is 0 Å². The normalized spacial score (nSPS) is 13.9. The van der Waals surface area contributed by atoms with Crippen LogP contribution in [0.4, 0.5) is 26.3 Å². The number of hydrogen-bond acceptors (Lipinski definition) is 2. The Morgan fingerprint density at radius 1 is 0.950 bits per heavy atom. The van der Waals surface area contributed by atoms with Gasteiger partial charge in [-0.2, -0.15) is 26.3 Å². The van der Waals surface area contributed by atoms with Gasteiger partial charge in [0, 0.05) is 15.7 Å². The van der Waals surface area contributed by atoms with E-state index in [4.69, 9.17) is 0 Å². The third-order valence-corrected chi connectivity index (χ3v) is 3.54. The lowest BCUT2D eigenvalue weighted by molar-refractivity contribution is -0.377. The second kappa shape index (κ2) is 5.48. The SMILES string of the molecule is CC(C)Sc1ccccc1C(O)(C(F)(F)F)C(F)(F)F. The summed E-state index contributed by atoms with van der Waals surface area (Å²) in [6.07, 6.45) is -11.7. The minimum absolute atomic E-state index is 0.234. The first-order valence-electron chi connectivity index (χ1n) is 5.53. The van der Waals surface area contributed by atoms with E-state index in [9.17, 15) is 31.4 Å². The molecule has 0 saturated heterocycles. The molecule has 1 aromatic rings. The molecule has 1 aromatic carbocycles. The maximum absolute atomic E-state index is 12.8.